The Bertz CT molecular complexity index is 983. The fraction of sp³-hybridized carbons (Fsp3) is 0.167. The van der Waals surface area contributed by atoms with Crippen LogP contribution in [-0.2, 0) is 0 Å². The normalized spacial score (nSPS) is 10.3. The summed E-state index contributed by atoms with van der Waals surface area (Å²) in [5, 5.41) is 2.88. The summed E-state index contributed by atoms with van der Waals surface area (Å²) in [7, 11) is 3.93. The van der Waals surface area contributed by atoms with E-state index in [1.165, 1.54) is 0 Å². The van der Waals surface area contributed by atoms with Gasteiger partial charge in [0.25, 0.3) is 11.8 Å². The van der Waals surface area contributed by atoms with Crippen LogP contribution in [0.25, 0.3) is 0 Å². The molecule has 0 aliphatic rings. The predicted octanol–water partition coefficient (Wildman–Crippen LogP) is 4.67. The lowest BCUT2D eigenvalue weighted by Gasteiger charge is -2.21. The third kappa shape index (κ3) is 4.82. The van der Waals surface area contributed by atoms with Crippen LogP contribution in [0.1, 0.15) is 27.6 Å². The first-order valence-corrected chi connectivity index (χ1v) is 9.55. The summed E-state index contributed by atoms with van der Waals surface area (Å²) in [6, 6.07) is 23.9. The molecule has 2 amide bonds. The van der Waals surface area contributed by atoms with Gasteiger partial charge in [-0.3, -0.25) is 9.59 Å². The fourth-order valence-corrected chi connectivity index (χ4v) is 3.05. The van der Waals surface area contributed by atoms with Gasteiger partial charge in [-0.2, -0.15) is 0 Å². The van der Waals surface area contributed by atoms with Crippen LogP contribution in [-0.4, -0.2) is 32.5 Å². The first-order chi connectivity index (χ1) is 14.0. The van der Waals surface area contributed by atoms with E-state index in [-0.39, 0.29) is 11.8 Å². The average molecular weight is 387 g/mol. The average Bonchev–Trinajstić information content (AvgIpc) is 2.75. The predicted molar refractivity (Wildman–Crippen MR) is 119 cm³/mol. The van der Waals surface area contributed by atoms with Crippen molar-refractivity contribution in [2.75, 3.05) is 35.8 Å². The molecule has 0 radical (unpaired) electrons. The molecule has 3 rings (SSSR count). The number of nitrogens with zero attached hydrogens (tertiary/aromatic N) is 2. The zero-order valence-electron chi connectivity index (χ0n) is 16.9. The van der Waals surface area contributed by atoms with Crippen molar-refractivity contribution in [1.29, 1.82) is 0 Å². The smallest absolute Gasteiger partial charge is 0.258 e. The molecule has 0 heterocycles. The summed E-state index contributed by atoms with van der Waals surface area (Å²) in [4.78, 5) is 29.4. The number of carbonyl (C=O) groups excluding carboxylic acids is 2. The maximum Gasteiger partial charge on any atom is 0.258 e. The SMILES string of the molecule is CCN(C(=O)c1cccc(C(=O)Nc2ccc(N(C)C)cc2)c1)c1ccccc1. The molecule has 0 fully saturated rings. The van der Waals surface area contributed by atoms with E-state index in [9.17, 15) is 9.59 Å². The van der Waals surface area contributed by atoms with Crippen molar-refractivity contribution < 1.29 is 9.59 Å². The topological polar surface area (TPSA) is 52.7 Å². The molecule has 0 aliphatic carbocycles. The molecule has 0 saturated heterocycles. The van der Waals surface area contributed by atoms with Gasteiger partial charge in [0.15, 0.2) is 0 Å². The molecular weight excluding hydrogens is 362 g/mol. The summed E-state index contributed by atoms with van der Waals surface area (Å²) in [6.45, 7) is 2.47. The minimum atomic E-state index is -0.250. The number of anilines is 3. The van der Waals surface area contributed by atoms with Crippen LogP contribution in [0, 0.1) is 0 Å². The maximum atomic E-state index is 13.0. The van der Waals surface area contributed by atoms with Crippen molar-refractivity contribution in [2.24, 2.45) is 0 Å². The highest BCUT2D eigenvalue weighted by atomic mass is 16.2. The minimum absolute atomic E-state index is 0.135. The van der Waals surface area contributed by atoms with Crippen molar-refractivity contribution in [3.8, 4) is 0 Å². The van der Waals surface area contributed by atoms with Crippen molar-refractivity contribution >= 4 is 28.9 Å². The number of para-hydroxylation sites is 1. The van der Waals surface area contributed by atoms with Gasteiger partial charge >= 0.3 is 0 Å². The summed E-state index contributed by atoms with van der Waals surface area (Å²) in [5.41, 5.74) is 3.51. The quantitative estimate of drug-likeness (QED) is 0.669. The number of hydrogen-bond donors (Lipinski definition) is 1. The minimum Gasteiger partial charge on any atom is -0.378 e. The molecular formula is C24H25N3O2. The van der Waals surface area contributed by atoms with E-state index in [4.69, 9.17) is 0 Å². The maximum absolute atomic E-state index is 13.0. The molecule has 0 atom stereocenters. The molecule has 0 aliphatic heterocycles. The molecule has 5 heteroatoms. The van der Waals surface area contributed by atoms with Gasteiger partial charge in [-0.25, -0.2) is 0 Å². The van der Waals surface area contributed by atoms with Crippen molar-refractivity contribution in [2.45, 2.75) is 6.92 Å². The molecule has 3 aromatic rings. The van der Waals surface area contributed by atoms with Crippen LogP contribution in [0.15, 0.2) is 78.9 Å². The van der Waals surface area contributed by atoms with E-state index in [2.05, 4.69) is 5.32 Å². The molecule has 3 aromatic carbocycles. The van der Waals surface area contributed by atoms with Crippen molar-refractivity contribution in [1.82, 2.24) is 0 Å². The van der Waals surface area contributed by atoms with Crippen LogP contribution in [0.4, 0.5) is 17.1 Å². The second-order valence-corrected chi connectivity index (χ2v) is 6.86. The highest BCUT2D eigenvalue weighted by molar-refractivity contribution is 6.09. The molecule has 0 saturated carbocycles. The van der Waals surface area contributed by atoms with Gasteiger partial charge in [-0.05, 0) is 61.5 Å². The number of amides is 2. The first-order valence-electron chi connectivity index (χ1n) is 9.55. The van der Waals surface area contributed by atoms with E-state index in [0.29, 0.717) is 23.4 Å². The molecule has 1 N–H and O–H groups in total. The molecule has 0 spiro atoms. The summed E-state index contributed by atoms with van der Waals surface area (Å²) in [6.07, 6.45) is 0. The first kappa shape index (κ1) is 20.1. The van der Waals surface area contributed by atoms with Crippen LogP contribution >= 0.6 is 0 Å². The Hall–Kier alpha value is -3.60. The monoisotopic (exact) mass is 387 g/mol. The molecule has 0 bridgehead atoms. The summed E-state index contributed by atoms with van der Waals surface area (Å²) in [5.74, 6) is -0.385. The Morgan fingerprint density at radius 2 is 1.45 bits per heavy atom. The standard InChI is InChI=1S/C24H25N3O2/c1-4-27(22-11-6-5-7-12-22)24(29)19-10-8-9-18(17-19)23(28)25-20-13-15-21(16-14-20)26(2)3/h5-17H,4H2,1-3H3,(H,25,28). The van der Waals surface area contributed by atoms with Crippen molar-refractivity contribution in [3.05, 3.63) is 90.0 Å². The Labute approximate surface area is 171 Å². The highest BCUT2D eigenvalue weighted by Crippen LogP contribution is 2.19. The largest absolute Gasteiger partial charge is 0.378 e. The molecule has 0 aromatic heterocycles. The van der Waals surface area contributed by atoms with Gasteiger partial charge < -0.3 is 15.1 Å². The number of carbonyl (C=O) groups is 2. The van der Waals surface area contributed by atoms with E-state index in [1.54, 1.807) is 29.2 Å². The third-order valence-corrected chi connectivity index (χ3v) is 4.64. The lowest BCUT2D eigenvalue weighted by atomic mass is 10.1. The molecule has 29 heavy (non-hydrogen) atoms. The van der Waals surface area contributed by atoms with Crippen molar-refractivity contribution in [3.63, 3.8) is 0 Å². The Balaban J connectivity index is 1.77. The van der Waals surface area contributed by atoms with E-state index in [0.717, 1.165) is 11.4 Å². The zero-order chi connectivity index (χ0) is 20.8. The second-order valence-electron chi connectivity index (χ2n) is 6.86. The highest BCUT2D eigenvalue weighted by Gasteiger charge is 2.17. The van der Waals surface area contributed by atoms with Gasteiger partial charge in [0.05, 0.1) is 0 Å². The van der Waals surface area contributed by atoms with Gasteiger partial charge in [-0.15, -0.1) is 0 Å². The molecule has 0 unspecified atom stereocenters. The molecule has 148 valence electrons. The number of rotatable bonds is 6. The zero-order valence-corrected chi connectivity index (χ0v) is 16.9. The van der Waals surface area contributed by atoms with Gasteiger partial charge in [0, 0.05) is 48.8 Å². The van der Waals surface area contributed by atoms with Gasteiger partial charge in [0.2, 0.25) is 0 Å². The van der Waals surface area contributed by atoms with Gasteiger partial charge in [-0.1, -0.05) is 24.3 Å². The van der Waals surface area contributed by atoms with E-state index >= 15 is 0 Å². The van der Waals surface area contributed by atoms with Crippen LogP contribution < -0.4 is 15.1 Å². The lowest BCUT2D eigenvalue weighted by Crippen LogP contribution is -2.30. The lowest BCUT2D eigenvalue weighted by molar-refractivity contribution is 0.0988. The van der Waals surface area contributed by atoms with Crippen LogP contribution in [0.3, 0.4) is 0 Å². The Morgan fingerprint density at radius 3 is 2.07 bits per heavy atom. The summed E-state index contributed by atoms with van der Waals surface area (Å²) >= 11 is 0. The summed E-state index contributed by atoms with van der Waals surface area (Å²) < 4.78 is 0. The second kappa shape index (κ2) is 9.06. The number of hydrogen-bond acceptors (Lipinski definition) is 3. The van der Waals surface area contributed by atoms with Crippen LogP contribution in [0.2, 0.25) is 0 Å². The number of nitrogens with one attached hydrogen (secondary N) is 1. The third-order valence-electron chi connectivity index (χ3n) is 4.64. The van der Waals surface area contributed by atoms with Gasteiger partial charge in [0.1, 0.15) is 0 Å². The fourth-order valence-electron chi connectivity index (χ4n) is 3.05. The molecule has 5 nitrogen and oxygen atoms in total. The van der Waals surface area contributed by atoms with Crippen LogP contribution in [0.5, 0.6) is 0 Å². The number of benzene rings is 3. The van der Waals surface area contributed by atoms with E-state index < -0.39 is 0 Å². The Morgan fingerprint density at radius 1 is 0.793 bits per heavy atom. The van der Waals surface area contributed by atoms with E-state index in [1.807, 2.05) is 80.5 Å². The Kier molecular flexibility index (Phi) is 6.29.